The number of imidazole rings is 1. The van der Waals surface area contributed by atoms with Crippen molar-refractivity contribution >= 4 is 41.8 Å². The van der Waals surface area contributed by atoms with Crippen molar-refractivity contribution in [3.05, 3.63) is 24.3 Å². The number of hydrogen-bond donors (Lipinski definition) is 0. The molecule has 1 saturated heterocycles. The molecular weight excluding hydrogens is 307 g/mol. The largest absolute Gasteiger partial charge is 0.339 e. The first-order chi connectivity index (χ1) is 9.42. The normalized spacial score (nSPS) is 17.6. The molecule has 0 N–H and O–H groups in total. The smallest absolute Gasteiger partial charge is 0.206 e. The Morgan fingerprint density at radius 1 is 0.905 bits per heavy atom. The average Bonchev–Trinajstić information content (AvgIpc) is 3.13. The minimum Gasteiger partial charge on any atom is -0.339 e. The van der Waals surface area contributed by atoms with Gasteiger partial charge in [-0.05, 0) is 38.1 Å². The van der Waals surface area contributed by atoms with E-state index in [0.717, 1.165) is 25.2 Å². The van der Waals surface area contributed by atoms with E-state index >= 15 is 0 Å². The Bertz CT molecular complexity index is 592. The molecule has 0 atom stereocenters. The second-order valence-corrected chi connectivity index (χ2v) is 5.59. The first-order valence-electron chi connectivity index (χ1n) is 7.34. The van der Waals surface area contributed by atoms with Crippen molar-refractivity contribution in [3.63, 3.8) is 0 Å². The minimum atomic E-state index is 0. The van der Waals surface area contributed by atoms with E-state index in [2.05, 4.69) is 38.6 Å². The number of aromatic nitrogens is 2. The molecule has 2 aliphatic heterocycles. The molecular formula is C15H22Cl2N4. The van der Waals surface area contributed by atoms with Gasteiger partial charge in [-0.15, -0.1) is 24.8 Å². The third-order valence-corrected chi connectivity index (χ3v) is 4.40. The number of halogens is 2. The number of likely N-dealkylation sites (tertiary alicyclic amines) is 1. The van der Waals surface area contributed by atoms with Crippen molar-refractivity contribution in [2.45, 2.75) is 19.4 Å². The summed E-state index contributed by atoms with van der Waals surface area (Å²) >= 11 is 0. The fourth-order valence-corrected chi connectivity index (χ4v) is 3.33. The van der Waals surface area contributed by atoms with Crippen molar-refractivity contribution in [2.75, 3.05) is 37.6 Å². The summed E-state index contributed by atoms with van der Waals surface area (Å²) in [6.07, 6.45) is 2.75. The Balaban J connectivity index is 0.000000807. The predicted octanol–water partition coefficient (Wildman–Crippen LogP) is 2.80. The minimum absolute atomic E-state index is 0. The second-order valence-electron chi connectivity index (χ2n) is 5.59. The van der Waals surface area contributed by atoms with Gasteiger partial charge in [0.15, 0.2) is 0 Å². The fraction of sp³-hybridized carbons (Fsp3) is 0.533. The van der Waals surface area contributed by atoms with E-state index in [9.17, 15) is 0 Å². The monoisotopic (exact) mass is 328 g/mol. The topological polar surface area (TPSA) is 24.3 Å². The number of para-hydroxylation sites is 2. The molecule has 6 heteroatoms. The lowest BCUT2D eigenvalue weighted by molar-refractivity contribution is 0.345. The summed E-state index contributed by atoms with van der Waals surface area (Å²) in [7, 11) is 0. The van der Waals surface area contributed by atoms with Gasteiger partial charge in [-0.25, -0.2) is 4.98 Å². The molecule has 4 rings (SSSR count). The van der Waals surface area contributed by atoms with Crippen LogP contribution in [-0.4, -0.2) is 47.2 Å². The predicted molar refractivity (Wildman–Crippen MR) is 92.1 cm³/mol. The van der Waals surface area contributed by atoms with E-state index in [1.54, 1.807) is 0 Å². The standard InChI is InChI=1S/C15H20N4.2ClH/c1-2-6-14-13(5-1)16-15-18(11-12-19(14)15)10-9-17-7-3-4-8-17;;/h1-2,5-6H,3-4,7-12H2;2*1H. The highest BCUT2D eigenvalue weighted by molar-refractivity contribution is 5.85. The van der Waals surface area contributed by atoms with Gasteiger partial charge in [-0.1, -0.05) is 12.1 Å². The molecule has 21 heavy (non-hydrogen) atoms. The fourth-order valence-electron chi connectivity index (χ4n) is 3.33. The molecule has 2 aliphatic rings. The third kappa shape index (κ3) is 2.98. The van der Waals surface area contributed by atoms with Crippen molar-refractivity contribution < 1.29 is 0 Å². The molecule has 3 heterocycles. The number of rotatable bonds is 3. The number of nitrogens with zero attached hydrogens (tertiary/aromatic N) is 4. The van der Waals surface area contributed by atoms with E-state index in [1.807, 2.05) is 0 Å². The van der Waals surface area contributed by atoms with Gasteiger partial charge in [0.25, 0.3) is 0 Å². The van der Waals surface area contributed by atoms with Crippen LogP contribution in [0, 0.1) is 0 Å². The number of fused-ring (bicyclic) bond motifs is 3. The van der Waals surface area contributed by atoms with Gasteiger partial charge in [-0.3, -0.25) is 0 Å². The van der Waals surface area contributed by atoms with Gasteiger partial charge >= 0.3 is 0 Å². The Labute approximate surface area is 137 Å². The maximum absolute atomic E-state index is 4.79. The molecule has 0 saturated carbocycles. The summed E-state index contributed by atoms with van der Waals surface area (Å²) in [6, 6.07) is 8.46. The third-order valence-electron chi connectivity index (χ3n) is 4.40. The molecule has 2 aromatic rings. The number of anilines is 1. The van der Waals surface area contributed by atoms with E-state index in [-0.39, 0.29) is 24.8 Å². The first-order valence-corrected chi connectivity index (χ1v) is 7.34. The van der Waals surface area contributed by atoms with Crippen molar-refractivity contribution in [3.8, 4) is 0 Å². The Hall–Kier alpha value is -0.970. The van der Waals surface area contributed by atoms with Crippen molar-refractivity contribution in [2.24, 2.45) is 0 Å². The number of benzene rings is 1. The van der Waals surface area contributed by atoms with Gasteiger partial charge in [0.1, 0.15) is 0 Å². The van der Waals surface area contributed by atoms with Gasteiger partial charge in [0, 0.05) is 26.2 Å². The lowest BCUT2D eigenvalue weighted by Gasteiger charge is -2.20. The zero-order chi connectivity index (χ0) is 12.7. The molecule has 0 radical (unpaired) electrons. The molecule has 0 unspecified atom stereocenters. The molecule has 0 amide bonds. The van der Waals surface area contributed by atoms with Crippen LogP contribution >= 0.6 is 24.8 Å². The maximum atomic E-state index is 4.79. The van der Waals surface area contributed by atoms with Crippen LogP contribution in [0.2, 0.25) is 0 Å². The molecule has 1 aromatic heterocycles. The van der Waals surface area contributed by atoms with Crippen LogP contribution in [0.15, 0.2) is 24.3 Å². The lowest BCUT2D eigenvalue weighted by atomic mass is 10.3. The molecule has 1 aromatic carbocycles. The quantitative estimate of drug-likeness (QED) is 0.865. The highest BCUT2D eigenvalue weighted by Gasteiger charge is 2.23. The molecule has 0 bridgehead atoms. The van der Waals surface area contributed by atoms with Crippen LogP contribution in [0.25, 0.3) is 11.0 Å². The molecule has 0 aliphatic carbocycles. The van der Waals surface area contributed by atoms with E-state index in [0.29, 0.717) is 0 Å². The summed E-state index contributed by atoms with van der Waals surface area (Å²) in [5.41, 5.74) is 2.41. The average molecular weight is 329 g/mol. The van der Waals surface area contributed by atoms with E-state index in [1.165, 1.54) is 43.9 Å². The Morgan fingerprint density at radius 2 is 1.67 bits per heavy atom. The molecule has 116 valence electrons. The Morgan fingerprint density at radius 3 is 2.48 bits per heavy atom. The van der Waals surface area contributed by atoms with Gasteiger partial charge < -0.3 is 14.4 Å². The summed E-state index contributed by atoms with van der Waals surface area (Å²) in [6.45, 7) is 7.05. The second kappa shape index (κ2) is 6.86. The van der Waals surface area contributed by atoms with Crippen LogP contribution in [0.5, 0.6) is 0 Å². The van der Waals surface area contributed by atoms with Crippen LogP contribution in [0.3, 0.4) is 0 Å². The summed E-state index contributed by atoms with van der Waals surface area (Å²) in [5, 5.41) is 0. The van der Waals surface area contributed by atoms with Gasteiger partial charge in [0.05, 0.1) is 11.0 Å². The van der Waals surface area contributed by atoms with Crippen molar-refractivity contribution in [1.29, 1.82) is 0 Å². The maximum Gasteiger partial charge on any atom is 0.206 e. The SMILES string of the molecule is Cl.Cl.c1ccc2c(c1)nc1n2CCN1CCN1CCCC1. The molecule has 1 fully saturated rings. The lowest BCUT2D eigenvalue weighted by Crippen LogP contribution is -2.33. The van der Waals surface area contributed by atoms with Gasteiger partial charge in [0.2, 0.25) is 5.95 Å². The summed E-state index contributed by atoms with van der Waals surface area (Å²) in [5.74, 6) is 1.17. The van der Waals surface area contributed by atoms with Crippen LogP contribution in [0.4, 0.5) is 5.95 Å². The molecule has 0 spiro atoms. The Kier molecular flexibility index (Phi) is 5.36. The van der Waals surface area contributed by atoms with Crippen LogP contribution in [0.1, 0.15) is 12.8 Å². The van der Waals surface area contributed by atoms with Gasteiger partial charge in [-0.2, -0.15) is 0 Å². The summed E-state index contributed by atoms with van der Waals surface area (Å²) < 4.78 is 2.36. The highest BCUT2D eigenvalue weighted by Crippen LogP contribution is 2.26. The van der Waals surface area contributed by atoms with Crippen LogP contribution in [-0.2, 0) is 6.54 Å². The van der Waals surface area contributed by atoms with E-state index < -0.39 is 0 Å². The zero-order valence-electron chi connectivity index (χ0n) is 12.1. The highest BCUT2D eigenvalue weighted by atomic mass is 35.5. The number of hydrogen-bond acceptors (Lipinski definition) is 3. The summed E-state index contributed by atoms with van der Waals surface area (Å²) in [4.78, 5) is 9.81. The van der Waals surface area contributed by atoms with Crippen LogP contribution < -0.4 is 4.90 Å². The van der Waals surface area contributed by atoms with E-state index in [4.69, 9.17) is 4.98 Å². The molecule has 4 nitrogen and oxygen atoms in total. The zero-order valence-corrected chi connectivity index (χ0v) is 13.7. The van der Waals surface area contributed by atoms with Crippen molar-refractivity contribution in [1.82, 2.24) is 14.5 Å². The first kappa shape index (κ1) is 16.4.